The van der Waals surface area contributed by atoms with E-state index in [2.05, 4.69) is 70.1 Å². The van der Waals surface area contributed by atoms with E-state index in [0.717, 1.165) is 48.2 Å². The molecular formula is C21H33N5OSi. The molecule has 0 bridgehead atoms. The number of fused-ring (bicyclic) bond motifs is 1. The molecule has 7 heteroatoms. The van der Waals surface area contributed by atoms with Gasteiger partial charge in [0.15, 0.2) is 0 Å². The first-order valence-electron chi connectivity index (χ1n) is 10.3. The van der Waals surface area contributed by atoms with Crippen molar-refractivity contribution in [3.8, 4) is 11.3 Å². The van der Waals surface area contributed by atoms with Crippen molar-refractivity contribution in [3.63, 3.8) is 0 Å². The highest BCUT2D eigenvalue weighted by molar-refractivity contribution is 6.76. The van der Waals surface area contributed by atoms with E-state index in [-0.39, 0.29) is 0 Å². The number of ether oxygens (including phenoxy) is 1. The van der Waals surface area contributed by atoms with Gasteiger partial charge < -0.3 is 9.30 Å². The van der Waals surface area contributed by atoms with Gasteiger partial charge in [0.2, 0.25) is 0 Å². The second kappa shape index (κ2) is 9.00. The van der Waals surface area contributed by atoms with Crippen molar-refractivity contribution in [1.82, 2.24) is 24.3 Å². The van der Waals surface area contributed by atoms with Crippen LogP contribution in [0.2, 0.25) is 25.7 Å². The van der Waals surface area contributed by atoms with Crippen molar-refractivity contribution in [2.24, 2.45) is 0 Å². The third kappa shape index (κ3) is 4.88. The van der Waals surface area contributed by atoms with Crippen molar-refractivity contribution >= 4 is 19.1 Å². The first-order chi connectivity index (χ1) is 13.4. The molecule has 0 amide bonds. The van der Waals surface area contributed by atoms with Gasteiger partial charge in [0.25, 0.3) is 0 Å². The van der Waals surface area contributed by atoms with Crippen molar-refractivity contribution in [2.75, 3.05) is 6.61 Å². The molecule has 1 atom stereocenters. The van der Waals surface area contributed by atoms with Crippen LogP contribution in [0.3, 0.4) is 0 Å². The van der Waals surface area contributed by atoms with Gasteiger partial charge in [-0.25, -0.2) is 9.97 Å². The lowest BCUT2D eigenvalue weighted by Crippen LogP contribution is -2.22. The molecule has 152 valence electrons. The van der Waals surface area contributed by atoms with Crippen LogP contribution < -0.4 is 0 Å². The van der Waals surface area contributed by atoms with Gasteiger partial charge in [0, 0.05) is 38.0 Å². The fourth-order valence-electron chi connectivity index (χ4n) is 3.40. The molecule has 0 aliphatic heterocycles. The van der Waals surface area contributed by atoms with Gasteiger partial charge in [-0.2, -0.15) is 5.10 Å². The van der Waals surface area contributed by atoms with E-state index in [4.69, 9.17) is 4.74 Å². The zero-order valence-corrected chi connectivity index (χ0v) is 18.9. The fraction of sp³-hybridized carbons (Fsp3) is 0.571. The first kappa shape index (κ1) is 20.7. The fourth-order valence-corrected chi connectivity index (χ4v) is 4.15. The van der Waals surface area contributed by atoms with Gasteiger partial charge in [-0.1, -0.05) is 39.9 Å². The maximum Gasteiger partial charge on any atom is 0.145 e. The molecule has 3 heterocycles. The molecule has 0 saturated carbocycles. The smallest absolute Gasteiger partial charge is 0.145 e. The lowest BCUT2D eigenvalue weighted by Gasteiger charge is -2.15. The van der Waals surface area contributed by atoms with Gasteiger partial charge >= 0.3 is 0 Å². The summed E-state index contributed by atoms with van der Waals surface area (Å²) in [6, 6.07) is 3.69. The minimum atomic E-state index is -1.07. The van der Waals surface area contributed by atoms with Crippen LogP contribution in [0.25, 0.3) is 22.3 Å². The number of hydrogen-bond donors (Lipinski definition) is 0. The summed E-state index contributed by atoms with van der Waals surface area (Å²) >= 11 is 0. The largest absolute Gasteiger partial charge is 0.361 e. The van der Waals surface area contributed by atoms with E-state index < -0.39 is 8.07 Å². The third-order valence-corrected chi connectivity index (χ3v) is 6.83. The summed E-state index contributed by atoms with van der Waals surface area (Å²) in [6.07, 6.45) is 11.1. The average Bonchev–Trinajstić information content (AvgIpc) is 3.30. The maximum absolute atomic E-state index is 5.91. The zero-order chi connectivity index (χ0) is 20.1. The van der Waals surface area contributed by atoms with Crippen LogP contribution in [0.4, 0.5) is 0 Å². The Labute approximate surface area is 169 Å². The maximum atomic E-state index is 5.91. The van der Waals surface area contributed by atoms with Crippen molar-refractivity contribution in [2.45, 2.75) is 71.6 Å². The highest BCUT2D eigenvalue weighted by atomic mass is 28.3. The molecule has 1 unspecified atom stereocenters. The SMILES string of the molecule is CCCC(CC)n1cc(-c2ncnc3c2ccn3COCC[Si](C)(C)C)cn1. The molecule has 0 aliphatic rings. The first-order valence-corrected chi connectivity index (χ1v) is 14.1. The predicted molar refractivity (Wildman–Crippen MR) is 117 cm³/mol. The minimum absolute atomic E-state index is 0.445. The second-order valence-corrected chi connectivity index (χ2v) is 14.3. The predicted octanol–water partition coefficient (Wildman–Crippen LogP) is 5.36. The molecular weight excluding hydrogens is 366 g/mol. The molecule has 3 aromatic rings. The van der Waals surface area contributed by atoms with E-state index in [1.54, 1.807) is 6.33 Å². The number of aromatic nitrogens is 5. The summed E-state index contributed by atoms with van der Waals surface area (Å²) in [7, 11) is -1.07. The van der Waals surface area contributed by atoms with E-state index in [0.29, 0.717) is 12.8 Å². The summed E-state index contributed by atoms with van der Waals surface area (Å²) in [5.41, 5.74) is 2.88. The van der Waals surface area contributed by atoms with E-state index in [1.807, 2.05) is 12.4 Å². The zero-order valence-electron chi connectivity index (χ0n) is 17.9. The van der Waals surface area contributed by atoms with Crippen LogP contribution in [0.15, 0.2) is 31.0 Å². The normalized spacial score (nSPS) is 13.3. The number of rotatable bonds is 10. The van der Waals surface area contributed by atoms with Gasteiger partial charge in [-0.15, -0.1) is 0 Å². The Morgan fingerprint density at radius 1 is 1.18 bits per heavy atom. The summed E-state index contributed by atoms with van der Waals surface area (Å²) in [5.74, 6) is 0. The van der Waals surface area contributed by atoms with Crippen LogP contribution in [-0.2, 0) is 11.5 Å². The molecule has 3 rings (SSSR count). The van der Waals surface area contributed by atoms with Crippen molar-refractivity contribution in [1.29, 1.82) is 0 Å². The molecule has 0 aromatic carbocycles. The quantitative estimate of drug-likeness (QED) is 0.340. The second-order valence-electron chi connectivity index (χ2n) is 8.65. The Hall–Kier alpha value is -1.99. The van der Waals surface area contributed by atoms with Crippen LogP contribution in [-0.4, -0.2) is 39.0 Å². The lowest BCUT2D eigenvalue weighted by molar-refractivity contribution is 0.0899. The third-order valence-electron chi connectivity index (χ3n) is 5.13. The summed E-state index contributed by atoms with van der Waals surface area (Å²) in [6.45, 7) is 12.9. The molecule has 6 nitrogen and oxygen atoms in total. The van der Waals surface area contributed by atoms with Crippen LogP contribution in [0.5, 0.6) is 0 Å². The van der Waals surface area contributed by atoms with E-state index >= 15 is 0 Å². The molecule has 3 aromatic heterocycles. The van der Waals surface area contributed by atoms with Crippen molar-refractivity contribution < 1.29 is 4.74 Å². The highest BCUT2D eigenvalue weighted by Crippen LogP contribution is 2.27. The Balaban J connectivity index is 1.78. The Morgan fingerprint density at radius 2 is 2.00 bits per heavy atom. The topological polar surface area (TPSA) is 57.8 Å². The summed E-state index contributed by atoms with van der Waals surface area (Å²) < 4.78 is 10.0. The van der Waals surface area contributed by atoms with Gasteiger partial charge in [-0.05, 0) is 25.0 Å². The Kier molecular flexibility index (Phi) is 6.67. The Bertz CT molecular complexity index is 896. The molecule has 28 heavy (non-hydrogen) atoms. The Morgan fingerprint density at radius 3 is 2.71 bits per heavy atom. The van der Waals surface area contributed by atoms with Gasteiger partial charge in [0.05, 0.1) is 17.9 Å². The number of hydrogen-bond acceptors (Lipinski definition) is 4. The summed E-state index contributed by atoms with van der Waals surface area (Å²) in [4.78, 5) is 9.05. The summed E-state index contributed by atoms with van der Waals surface area (Å²) in [5, 5.41) is 5.65. The molecule has 0 saturated heterocycles. The van der Waals surface area contributed by atoms with Gasteiger partial charge in [0.1, 0.15) is 18.7 Å². The minimum Gasteiger partial charge on any atom is -0.361 e. The monoisotopic (exact) mass is 399 g/mol. The number of nitrogens with zero attached hydrogens (tertiary/aromatic N) is 5. The van der Waals surface area contributed by atoms with Crippen LogP contribution in [0.1, 0.15) is 39.2 Å². The molecule has 0 fully saturated rings. The molecule has 0 radical (unpaired) electrons. The standard InChI is InChI=1S/C21H33N5OSi/c1-6-8-18(7-2)26-14-17(13-24-26)20-19-9-10-25(21(19)23-15-22-20)16-27-11-12-28(3,4)5/h9-10,13-15,18H,6-8,11-12,16H2,1-5H3. The molecule has 0 N–H and O–H groups in total. The molecule has 0 spiro atoms. The van der Waals surface area contributed by atoms with Crippen molar-refractivity contribution in [3.05, 3.63) is 31.0 Å². The van der Waals surface area contributed by atoms with Gasteiger partial charge in [-0.3, -0.25) is 4.68 Å². The molecule has 0 aliphatic carbocycles. The van der Waals surface area contributed by atoms with Crippen LogP contribution >= 0.6 is 0 Å². The highest BCUT2D eigenvalue weighted by Gasteiger charge is 2.15. The lowest BCUT2D eigenvalue weighted by atomic mass is 10.1. The van der Waals surface area contributed by atoms with Crippen LogP contribution in [0, 0.1) is 0 Å². The average molecular weight is 400 g/mol. The van der Waals surface area contributed by atoms with E-state index in [9.17, 15) is 0 Å². The van der Waals surface area contributed by atoms with E-state index in [1.165, 1.54) is 6.04 Å².